The minimum Gasteiger partial charge on any atom is -0.493 e. The van der Waals surface area contributed by atoms with E-state index in [9.17, 15) is 9.18 Å². The van der Waals surface area contributed by atoms with Crippen molar-refractivity contribution in [3.63, 3.8) is 0 Å². The van der Waals surface area contributed by atoms with Gasteiger partial charge in [-0.1, -0.05) is 11.6 Å². The lowest BCUT2D eigenvalue weighted by atomic mass is 10.0. The number of ether oxygens (including phenoxy) is 1. The van der Waals surface area contributed by atoms with Gasteiger partial charge >= 0.3 is 0 Å². The Balaban J connectivity index is 1.55. The van der Waals surface area contributed by atoms with Crippen LogP contribution in [0, 0.1) is 11.7 Å². The number of anilines is 1. The van der Waals surface area contributed by atoms with Crippen LogP contribution in [0.5, 0.6) is 5.75 Å². The van der Waals surface area contributed by atoms with Gasteiger partial charge in [-0.15, -0.1) is 23.1 Å². The van der Waals surface area contributed by atoms with E-state index < -0.39 is 0 Å². The maximum absolute atomic E-state index is 13.1. The van der Waals surface area contributed by atoms with Gasteiger partial charge in [-0.3, -0.25) is 9.79 Å². The van der Waals surface area contributed by atoms with E-state index in [-0.39, 0.29) is 11.7 Å². The summed E-state index contributed by atoms with van der Waals surface area (Å²) in [5.41, 5.74) is 0.537. The average Bonchev–Trinajstić information content (AvgIpc) is 3.26. The normalized spacial score (nSPS) is 11.7. The Labute approximate surface area is 212 Å². The molecule has 1 unspecified atom stereocenters. The lowest BCUT2D eigenvalue weighted by Gasteiger charge is -2.17. The molecule has 0 aliphatic heterocycles. The molecule has 1 atom stereocenters. The third kappa shape index (κ3) is 8.13. The number of aliphatic imine (C=N–C) groups is 1. The van der Waals surface area contributed by atoms with E-state index in [0.717, 1.165) is 40.8 Å². The Kier molecular flexibility index (Phi) is 10.4. The molecule has 9 heteroatoms. The number of halogens is 2. The zero-order valence-corrected chi connectivity index (χ0v) is 21.2. The first-order valence-corrected chi connectivity index (χ1v) is 13.0. The first-order chi connectivity index (χ1) is 16.5. The molecular weight excluding hydrogens is 493 g/mol. The van der Waals surface area contributed by atoms with Crippen LogP contribution < -0.4 is 15.4 Å². The first kappa shape index (κ1) is 26.2. The number of benzene rings is 2. The zero-order chi connectivity index (χ0) is 24.3. The number of nitrogens with zero attached hydrogens (tertiary/aromatic N) is 1. The van der Waals surface area contributed by atoms with E-state index in [1.807, 2.05) is 37.4 Å². The summed E-state index contributed by atoms with van der Waals surface area (Å²) in [7, 11) is 1.94. The molecule has 1 aromatic heterocycles. The van der Waals surface area contributed by atoms with Gasteiger partial charge < -0.3 is 15.4 Å². The average molecular weight is 520 g/mol. The summed E-state index contributed by atoms with van der Waals surface area (Å²) in [4.78, 5) is 18.2. The Hall–Kier alpha value is -2.39. The molecule has 5 nitrogen and oxygen atoms in total. The fourth-order valence-electron chi connectivity index (χ4n) is 3.16. The molecule has 0 bridgehead atoms. The van der Waals surface area contributed by atoms with Crippen LogP contribution in [0.15, 0.2) is 64.5 Å². The predicted octanol–water partition coefficient (Wildman–Crippen LogP) is 6.91. The van der Waals surface area contributed by atoms with Crippen LogP contribution in [-0.2, 0) is 0 Å². The molecule has 3 rings (SSSR count). The third-order valence-corrected chi connectivity index (χ3v) is 7.54. The lowest BCUT2D eigenvalue weighted by molar-refractivity contribution is 0.103. The van der Waals surface area contributed by atoms with E-state index >= 15 is 0 Å². The number of thioether (sulfide) groups is 1. The summed E-state index contributed by atoms with van der Waals surface area (Å²) >= 11 is 8.89. The summed E-state index contributed by atoms with van der Waals surface area (Å²) in [5.74, 6) is 1.43. The van der Waals surface area contributed by atoms with Crippen LogP contribution in [0.1, 0.15) is 22.5 Å². The fraction of sp³-hybridized carbons (Fsp3) is 0.280. The smallest absolute Gasteiger partial charge is 0.265 e. The Morgan fingerprint density at radius 1 is 1.21 bits per heavy atom. The standard InChI is InChI=1S/C25H27ClFN3O2S2/c1-28-13-11-17(16-32-21-9-3-18(26)4-10-21)12-14-33-23-15-22(34-25(23)29-2)24(31)30-20-7-5-19(27)6-8-20/h3-10,15,17,28H,2,11-14,16H2,1H3,(H,30,31). The molecule has 2 aromatic carbocycles. The highest BCUT2D eigenvalue weighted by Crippen LogP contribution is 2.38. The van der Waals surface area contributed by atoms with Crippen molar-refractivity contribution in [3.8, 4) is 5.75 Å². The molecule has 0 aliphatic rings. The van der Waals surface area contributed by atoms with Gasteiger partial charge in [0.05, 0.1) is 11.5 Å². The highest BCUT2D eigenvalue weighted by Gasteiger charge is 2.16. The minimum atomic E-state index is -0.349. The number of thiophene rings is 1. The highest BCUT2D eigenvalue weighted by atomic mass is 35.5. The quantitative estimate of drug-likeness (QED) is 0.190. The second-order valence-corrected chi connectivity index (χ2v) is 10.2. The predicted molar refractivity (Wildman–Crippen MR) is 142 cm³/mol. The molecular formula is C25H27ClFN3O2S2. The molecule has 3 aromatic rings. The molecule has 0 spiro atoms. The summed E-state index contributed by atoms with van der Waals surface area (Å²) in [6.45, 7) is 5.17. The first-order valence-electron chi connectivity index (χ1n) is 10.8. The van der Waals surface area contributed by atoms with Crippen molar-refractivity contribution in [2.75, 3.05) is 31.3 Å². The van der Waals surface area contributed by atoms with Crippen LogP contribution in [-0.4, -0.2) is 38.6 Å². The number of rotatable bonds is 13. The van der Waals surface area contributed by atoms with Crippen molar-refractivity contribution in [2.45, 2.75) is 17.7 Å². The number of nitrogens with one attached hydrogen (secondary N) is 2. The minimum absolute atomic E-state index is 0.253. The van der Waals surface area contributed by atoms with Gasteiger partial charge in [-0.05, 0) is 99.4 Å². The molecule has 2 N–H and O–H groups in total. The van der Waals surface area contributed by atoms with E-state index in [2.05, 4.69) is 22.3 Å². The van der Waals surface area contributed by atoms with Crippen LogP contribution >= 0.6 is 34.7 Å². The summed E-state index contributed by atoms with van der Waals surface area (Å²) in [5, 5.41) is 7.39. The van der Waals surface area contributed by atoms with Crippen LogP contribution in [0.2, 0.25) is 5.02 Å². The van der Waals surface area contributed by atoms with Gasteiger partial charge in [-0.25, -0.2) is 4.39 Å². The second kappa shape index (κ2) is 13.5. The van der Waals surface area contributed by atoms with Crippen LogP contribution in [0.25, 0.3) is 0 Å². The molecule has 180 valence electrons. The van der Waals surface area contributed by atoms with Crippen LogP contribution in [0.3, 0.4) is 0 Å². The molecule has 0 saturated heterocycles. The number of hydrogen-bond acceptors (Lipinski definition) is 6. The maximum atomic E-state index is 13.1. The number of carbonyl (C=O) groups is 1. The molecule has 1 heterocycles. The molecule has 1 amide bonds. The molecule has 0 saturated carbocycles. The highest BCUT2D eigenvalue weighted by molar-refractivity contribution is 7.99. The van der Waals surface area contributed by atoms with Crippen LogP contribution in [0.4, 0.5) is 15.1 Å². The maximum Gasteiger partial charge on any atom is 0.265 e. The van der Waals surface area contributed by atoms with Crippen molar-refractivity contribution < 1.29 is 13.9 Å². The van der Waals surface area contributed by atoms with Crippen molar-refractivity contribution in [2.24, 2.45) is 10.9 Å². The van der Waals surface area contributed by atoms with Crippen molar-refractivity contribution >= 4 is 58.0 Å². The van der Waals surface area contributed by atoms with Gasteiger partial charge in [0, 0.05) is 15.6 Å². The van der Waals surface area contributed by atoms with Gasteiger partial charge in [0.15, 0.2) is 0 Å². The topological polar surface area (TPSA) is 62.7 Å². The summed E-state index contributed by atoms with van der Waals surface area (Å²) in [6.07, 6.45) is 1.94. The number of carbonyl (C=O) groups excluding carboxylic acids is 1. The van der Waals surface area contributed by atoms with Gasteiger partial charge in [-0.2, -0.15) is 0 Å². The Morgan fingerprint density at radius 3 is 2.62 bits per heavy atom. The van der Waals surface area contributed by atoms with Crippen molar-refractivity contribution in [3.05, 3.63) is 70.3 Å². The van der Waals surface area contributed by atoms with Crippen molar-refractivity contribution in [1.82, 2.24) is 5.32 Å². The molecule has 0 aliphatic carbocycles. The van der Waals surface area contributed by atoms with E-state index in [1.54, 1.807) is 11.8 Å². The monoisotopic (exact) mass is 519 g/mol. The van der Waals surface area contributed by atoms with Gasteiger partial charge in [0.1, 0.15) is 16.6 Å². The van der Waals surface area contributed by atoms with E-state index in [1.165, 1.54) is 35.6 Å². The van der Waals surface area contributed by atoms with E-state index in [0.29, 0.717) is 28.1 Å². The summed E-state index contributed by atoms with van der Waals surface area (Å²) in [6, 6.07) is 14.9. The SMILES string of the molecule is C=Nc1sc(C(=O)Nc2ccc(F)cc2)cc1SCCC(CCNC)COc1ccc(Cl)cc1. The molecule has 0 fully saturated rings. The zero-order valence-electron chi connectivity index (χ0n) is 18.9. The Bertz CT molecular complexity index is 1070. The molecule has 0 radical (unpaired) electrons. The van der Waals surface area contributed by atoms with E-state index in [4.69, 9.17) is 16.3 Å². The lowest BCUT2D eigenvalue weighted by Crippen LogP contribution is -2.19. The van der Waals surface area contributed by atoms with Crippen molar-refractivity contribution in [1.29, 1.82) is 0 Å². The fourth-order valence-corrected chi connectivity index (χ4v) is 5.47. The van der Waals surface area contributed by atoms with Gasteiger partial charge in [0.2, 0.25) is 0 Å². The molecule has 34 heavy (non-hydrogen) atoms. The number of hydrogen-bond donors (Lipinski definition) is 2. The second-order valence-electron chi connectivity index (χ2n) is 7.56. The largest absolute Gasteiger partial charge is 0.493 e. The Morgan fingerprint density at radius 2 is 1.94 bits per heavy atom. The number of amides is 1. The summed E-state index contributed by atoms with van der Waals surface area (Å²) < 4.78 is 19.1. The third-order valence-electron chi connectivity index (χ3n) is 5.03. The van der Waals surface area contributed by atoms with Gasteiger partial charge in [0.25, 0.3) is 5.91 Å².